The van der Waals surface area contributed by atoms with Crippen LogP contribution >= 0.6 is 0 Å². The van der Waals surface area contributed by atoms with Gasteiger partial charge in [0.05, 0.1) is 6.10 Å². The summed E-state index contributed by atoms with van der Waals surface area (Å²) in [5, 5.41) is 3.67. The van der Waals surface area contributed by atoms with Crippen molar-refractivity contribution < 1.29 is 14.3 Å². The number of carbonyl (C=O) groups is 2. The fourth-order valence-corrected chi connectivity index (χ4v) is 7.66. The number of piperidine rings is 1. The monoisotopic (exact) mass is 435 g/mol. The van der Waals surface area contributed by atoms with Crippen LogP contribution in [0.4, 0.5) is 0 Å². The zero-order valence-electron chi connectivity index (χ0n) is 19.8. The van der Waals surface area contributed by atoms with Crippen LogP contribution in [0.3, 0.4) is 0 Å². The van der Waals surface area contributed by atoms with Crippen molar-refractivity contribution >= 4 is 11.6 Å². The van der Waals surface area contributed by atoms with Gasteiger partial charge in [0.2, 0.25) is 0 Å². The molecule has 4 aliphatic rings. The molecule has 0 bridgehead atoms. The lowest BCUT2D eigenvalue weighted by Gasteiger charge is -2.58. The van der Waals surface area contributed by atoms with Crippen molar-refractivity contribution in [2.45, 2.75) is 78.2 Å². The number of rotatable bonds is 5. The van der Waals surface area contributed by atoms with E-state index < -0.39 is 0 Å². The van der Waals surface area contributed by atoms with Crippen molar-refractivity contribution in [3.8, 4) is 5.75 Å². The summed E-state index contributed by atoms with van der Waals surface area (Å²) in [4.78, 5) is 25.4. The normalized spacial score (nSPS) is 35.9. The number of hydrogen-bond donors (Lipinski definition) is 1. The van der Waals surface area contributed by atoms with Crippen molar-refractivity contribution in [3.63, 3.8) is 0 Å². The molecule has 0 radical (unpaired) electrons. The second-order valence-electron chi connectivity index (χ2n) is 11.3. The van der Waals surface area contributed by atoms with Gasteiger partial charge in [-0.1, -0.05) is 13.3 Å². The van der Waals surface area contributed by atoms with E-state index in [1.807, 2.05) is 44.2 Å². The van der Waals surface area contributed by atoms with Gasteiger partial charge >= 0.3 is 0 Å². The predicted octanol–water partition coefficient (Wildman–Crippen LogP) is 5.72. The summed E-state index contributed by atoms with van der Waals surface area (Å²) in [5.41, 5.74) is 2.24. The molecule has 0 spiro atoms. The standard InChI is InChI=1S/C28H37NO3/c1-18(2)32-21-8-6-19(7-9-21)25(31)16-28-12-4-5-24(28)22-17-29-26-15-20(30)10-13-27(26,3)23(22)11-14-28/h6-9,15,18,22-24,29H,4-5,10-14,16-17H2,1-3H3/t22-,23+,24+,27-,28+/m1/s1. The highest BCUT2D eigenvalue weighted by Gasteiger charge is 2.58. The summed E-state index contributed by atoms with van der Waals surface area (Å²) in [6.07, 6.45) is 10.3. The number of ketones is 2. The van der Waals surface area contributed by atoms with Crippen LogP contribution in [0.2, 0.25) is 0 Å². The Balaban J connectivity index is 1.34. The number of hydrogen-bond acceptors (Lipinski definition) is 4. The Bertz CT molecular complexity index is 933. The Labute approximate surface area is 192 Å². The van der Waals surface area contributed by atoms with E-state index in [2.05, 4.69) is 12.2 Å². The van der Waals surface area contributed by atoms with E-state index in [1.54, 1.807) is 0 Å². The lowest BCUT2D eigenvalue weighted by Crippen LogP contribution is -2.56. The van der Waals surface area contributed by atoms with E-state index in [0.29, 0.717) is 30.6 Å². The second kappa shape index (κ2) is 8.04. The molecule has 1 aromatic carbocycles. The molecule has 0 aromatic heterocycles. The van der Waals surface area contributed by atoms with Gasteiger partial charge in [0.15, 0.2) is 11.6 Å². The van der Waals surface area contributed by atoms with Crippen molar-refractivity contribution in [1.82, 2.24) is 5.32 Å². The van der Waals surface area contributed by atoms with Gasteiger partial charge in [-0.15, -0.1) is 0 Å². The summed E-state index contributed by atoms with van der Waals surface area (Å²) in [7, 11) is 0. The van der Waals surface area contributed by atoms with E-state index >= 15 is 0 Å². The minimum Gasteiger partial charge on any atom is -0.491 e. The van der Waals surface area contributed by atoms with Gasteiger partial charge in [-0.3, -0.25) is 9.59 Å². The molecule has 5 atom stereocenters. The molecular weight excluding hydrogens is 398 g/mol. The summed E-state index contributed by atoms with van der Waals surface area (Å²) in [5.74, 6) is 3.22. The Morgan fingerprint density at radius 3 is 2.66 bits per heavy atom. The quantitative estimate of drug-likeness (QED) is 0.602. The Kier molecular flexibility index (Phi) is 5.46. The summed E-state index contributed by atoms with van der Waals surface area (Å²) < 4.78 is 5.74. The van der Waals surface area contributed by atoms with E-state index in [9.17, 15) is 9.59 Å². The highest BCUT2D eigenvalue weighted by molar-refractivity contribution is 5.96. The van der Waals surface area contributed by atoms with Gasteiger partial charge in [-0.25, -0.2) is 0 Å². The van der Waals surface area contributed by atoms with E-state index in [1.165, 1.54) is 31.4 Å². The minimum absolute atomic E-state index is 0.0990. The van der Waals surface area contributed by atoms with Crippen LogP contribution in [-0.4, -0.2) is 24.2 Å². The third kappa shape index (κ3) is 3.60. The highest BCUT2D eigenvalue weighted by Crippen LogP contribution is 2.63. The summed E-state index contributed by atoms with van der Waals surface area (Å²) in [6.45, 7) is 7.36. The van der Waals surface area contributed by atoms with Crippen LogP contribution in [0.5, 0.6) is 5.75 Å². The van der Waals surface area contributed by atoms with Gasteiger partial charge in [0.1, 0.15) is 5.75 Å². The lowest BCUT2D eigenvalue weighted by molar-refractivity contribution is -0.117. The molecule has 5 rings (SSSR count). The molecule has 32 heavy (non-hydrogen) atoms. The van der Waals surface area contributed by atoms with Crippen LogP contribution < -0.4 is 10.1 Å². The topological polar surface area (TPSA) is 55.4 Å². The van der Waals surface area contributed by atoms with Gasteiger partial charge in [0.25, 0.3) is 0 Å². The SMILES string of the molecule is CC(C)Oc1ccc(C(=O)C[C@@]23CCC[C@H]2[C@@H]2CNC4=CC(=O)CC[C@]4(C)[C@H]2CC3)cc1. The fourth-order valence-electron chi connectivity index (χ4n) is 7.66. The number of fused-ring (bicyclic) bond motifs is 5. The number of allylic oxidation sites excluding steroid dienone is 2. The fraction of sp³-hybridized carbons (Fsp3) is 0.643. The van der Waals surface area contributed by atoms with Crippen molar-refractivity contribution in [2.24, 2.45) is 28.6 Å². The Hall–Kier alpha value is -2.10. The minimum atomic E-state index is 0.0990. The smallest absolute Gasteiger partial charge is 0.163 e. The maximum absolute atomic E-state index is 13.4. The third-order valence-corrected chi connectivity index (χ3v) is 9.18. The molecule has 1 aliphatic heterocycles. The zero-order chi connectivity index (χ0) is 22.5. The number of carbonyl (C=O) groups excluding carboxylic acids is 2. The van der Waals surface area contributed by atoms with Crippen LogP contribution in [0.25, 0.3) is 0 Å². The highest BCUT2D eigenvalue weighted by atomic mass is 16.5. The largest absolute Gasteiger partial charge is 0.491 e. The van der Waals surface area contributed by atoms with Crippen molar-refractivity contribution in [1.29, 1.82) is 0 Å². The average Bonchev–Trinajstić information content (AvgIpc) is 3.18. The molecule has 4 nitrogen and oxygen atoms in total. The maximum Gasteiger partial charge on any atom is 0.163 e. The predicted molar refractivity (Wildman–Crippen MR) is 126 cm³/mol. The summed E-state index contributed by atoms with van der Waals surface area (Å²) >= 11 is 0. The molecule has 1 saturated heterocycles. The molecule has 4 heteroatoms. The van der Waals surface area contributed by atoms with Crippen molar-refractivity contribution in [3.05, 3.63) is 41.6 Å². The van der Waals surface area contributed by atoms with E-state index in [-0.39, 0.29) is 28.5 Å². The molecule has 3 aliphatic carbocycles. The van der Waals surface area contributed by atoms with Crippen molar-refractivity contribution in [2.75, 3.05) is 6.54 Å². The lowest BCUT2D eigenvalue weighted by atomic mass is 9.50. The molecule has 1 N–H and O–H groups in total. The summed E-state index contributed by atoms with van der Waals surface area (Å²) in [6, 6.07) is 7.73. The maximum atomic E-state index is 13.4. The second-order valence-corrected chi connectivity index (χ2v) is 11.3. The Morgan fingerprint density at radius 2 is 1.91 bits per heavy atom. The first-order chi connectivity index (χ1) is 15.3. The number of nitrogens with one attached hydrogen (secondary N) is 1. The molecule has 0 amide bonds. The number of benzene rings is 1. The molecule has 172 valence electrons. The molecule has 0 unspecified atom stereocenters. The number of Topliss-reactive ketones (excluding diaryl/α,β-unsaturated/α-hetero) is 1. The van der Waals surface area contributed by atoms with E-state index in [4.69, 9.17) is 4.74 Å². The molecule has 3 fully saturated rings. The van der Waals surface area contributed by atoms with E-state index in [0.717, 1.165) is 30.7 Å². The Morgan fingerprint density at radius 1 is 1.12 bits per heavy atom. The first-order valence-electron chi connectivity index (χ1n) is 12.6. The van der Waals surface area contributed by atoms with Crippen LogP contribution in [0.15, 0.2) is 36.0 Å². The van der Waals surface area contributed by atoms with Gasteiger partial charge in [-0.2, -0.15) is 0 Å². The molecule has 2 saturated carbocycles. The first kappa shape index (κ1) is 21.7. The molecule has 1 aromatic rings. The zero-order valence-corrected chi connectivity index (χ0v) is 19.8. The van der Waals surface area contributed by atoms with Crippen LogP contribution in [0.1, 0.15) is 82.5 Å². The van der Waals surface area contributed by atoms with Gasteiger partial charge in [0, 0.05) is 42.1 Å². The van der Waals surface area contributed by atoms with Gasteiger partial charge in [-0.05, 0) is 93.4 Å². The third-order valence-electron chi connectivity index (χ3n) is 9.18. The van der Waals surface area contributed by atoms with Crippen LogP contribution in [-0.2, 0) is 4.79 Å². The number of ether oxygens (including phenoxy) is 1. The van der Waals surface area contributed by atoms with Crippen LogP contribution in [0, 0.1) is 28.6 Å². The first-order valence-corrected chi connectivity index (χ1v) is 12.6. The van der Waals surface area contributed by atoms with Gasteiger partial charge < -0.3 is 10.1 Å². The molecular formula is C28H37NO3. The average molecular weight is 436 g/mol. The molecule has 1 heterocycles.